The molecule has 7 nitrogen and oxygen atoms in total. The summed E-state index contributed by atoms with van der Waals surface area (Å²) in [4.78, 5) is 26.6. The molecule has 166 valence electrons. The number of benzene rings is 2. The quantitative estimate of drug-likeness (QED) is 0.679. The van der Waals surface area contributed by atoms with Gasteiger partial charge in [-0.2, -0.15) is 4.31 Å². The molecule has 2 amide bonds. The fourth-order valence-electron chi connectivity index (χ4n) is 3.76. The Morgan fingerprint density at radius 1 is 1.13 bits per heavy atom. The topological polar surface area (TPSA) is 86.8 Å². The molecular formula is C23H29N3O4S. The van der Waals surface area contributed by atoms with Crippen LogP contribution in [0.1, 0.15) is 48.2 Å². The molecule has 1 N–H and O–H groups in total. The molecule has 0 aliphatic carbocycles. The summed E-state index contributed by atoms with van der Waals surface area (Å²) in [5, 5.41) is 2.85. The zero-order valence-corrected chi connectivity index (χ0v) is 19.0. The Balaban J connectivity index is 1.75. The van der Waals surface area contributed by atoms with Gasteiger partial charge in [-0.05, 0) is 48.7 Å². The van der Waals surface area contributed by atoms with Gasteiger partial charge in [0.05, 0.1) is 4.90 Å². The lowest BCUT2D eigenvalue weighted by atomic mass is 10.1. The summed E-state index contributed by atoms with van der Waals surface area (Å²) in [7, 11) is -3.66. The van der Waals surface area contributed by atoms with E-state index in [1.54, 1.807) is 37.8 Å². The second-order valence-electron chi connectivity index (χ2n) is 7.57. The van der Waals surface area contributed by atoms with E-state index in [-0.39, 0.29) is 23.3 Å². The number of rotatable bonds is 8. The van der Waals surface area contributed by atoms with E-state index in [1.807, 2.05) is 24.3 Å². The number of amides is 2. The third-order valence-corrected chi connectivity index (χ3v) is 7.71. The summed E-state index contributed by atoms with van der Waals surface area (Å²) in [5.41, 5.74) is 2.60. The predicted molar refractivity (Wildman–Crippen MR) is 120 cm³/mol. The van der Waals surface area contributed by atoms with Gasteiger partial charge in [-0.3, -0.25) is 9.59 Å². The molecule has 1 heterocycles. The Morgan fingerprint density at radius 3 is 2.52 bits per heavy atom. The molecule has 8 heteroatoms. The normalized spacial score (nSPS) is 14.3. The van der Waals surface area contributed by atoms with Crippen LogP contribution in [-0.2, 0) is 21.4 Å². The van der Waals surface area contributed by atoms with Crippen molar-refractivity contribution in [2.75, 3.05) is 24.5 Å². The number of carbonyl (C=O) groups is 2. The highest BCUT2D eigenvalue weighted by Crippen LogP contribution is 2.23. The molecule has 2 aromatic carbocycles. The van der Waals surface area contributed by atoms with Crippen LogP contribution in [0.2, 0.25) is 0 Å². The highest BCUT2D eigenvalue weighted by atomic mass is 32.2. The molecule has 0 radical (unpaired) electrons. The Morgan fingerprint density at radius 2 is 1.87 bits per heavy atom. The van der Waals surface area contributed by atoms with E-state index in [2.05, 4.69) is 5.32 Å². The lowest BCUT2D eigenvalue weighted by molar-refractivity contribution is -0.117. The molecule has 1 saturated heterocycles. The van der Waals surface area contributed by atoms with Crippen LogP contribution in [0.5, 0.6) is 0 Å². The number of sulfonamides is 1. The van der Waals surface area contributed by atoms with Crippen molar-refractivity contribution in [2.24, 2.45) is 0 Å². The third-order valence-electron chi connectivity index (χ3n) is 5.52. The number of carbonyl (C=O) groups excluding carboxylic acids is 2. The van der Waals surface area contributed by atoms with Crippen molar-refractivity contribution >= 4 is 27.5 Å². The van der Waals surface area contributed by atoms with Crippen LogP contribution in [0.15, 0.2) is 47.4 Å². The molecule has 0 saturated carbocycles. The zero-order chi connectivity index (χ0) is 22.6. The molecule has 0 aromatic heterocycles. The summed E-state index contributed by atoms with van der Waals surface area (Å²) < 4.78 is 27.2. The monoisotopic (exact) mass is 443 g/mol. The maximum absolute atomic E-state index is 12.9. The standard InChI is InChI=1S/C23H29N3O4S/c1-4-25(5-2)31(29,30)21-15-19(12-11-17(21)3)23(28)24-16-18-8-6-9-20(14-18)26-13-7-10-22(26)27/h6,8-9,11-12,14-15H,4-5,7,10,13,16H2,1-3H3,(H,24,28). The Kier molecular flexibility index (Phi) is 7.12. The minimum atomic E-state index is -3.66. The summed E-state index contributed by atoms with van der Waals surface area (Å²) >= 11 is 0. The Labute approximate surface area is 184 Å². The van der Waals surface area contributed by atoms with Crippen LogP contribution in [-0.4, -0.2) is 44.2 Å². The van der Waals surface area contributed by atoms with Gasteiger partial charge in [0.1, 0.15) is 0 Å². The minimum absolute atomic E-state index is 0.114. The van der Waals surface area contributed by atoms with Crippen molar-refractivity contribution in [1.82, 2.24) is 9.62 Å². The van der Waals surface area contributed by atoms with Crippen molar-refractivity contribution < 1.29 is 18.0 Å². The van der Waals surface area contributed by atoms with E-state index in [0.29, 0.717) is 37.2 Å². The number of aryl methyl sites for hydroxylation is 1. The second-order valence-corrected chi connectivity index (χ2v) is 9.48. The fraction of sp³-hybridized carbons (Fsp3) is 0.391. The fourth-order valence-corrected chi connectivity index (χ4v) is 5.47. The molecule has 0 bridgehead atoms. The zero-order valence-electron chi connectivity index (χ0n) is 18.2. The molecule has 0 atom stereocenters. The molecule has 1 fully saturated rings. The van der Waals surface area contributed by atoms with E-state index in [1.165, 1.54) is 10.4 Å². The van der Waals surface area contributed by atoms with E-state index >= 15 is 0 Å². The number of hydrogen-bond acceptors (Lipinski definition) is 4. The molecule has 0 spiro atoms. The third kappa shape index (κ3) is 4.97. The highest BCUT2D eigenvalue weighted by Gasteiger charge is 2.25. The average molecular weight is 444 g/mol. The molecule has 0 unspecified atom stereocenters. The van der Waals surface area contributed by atoms with Crippen molar-refractivity contribution in [2.45, 2.75) is 45.1 Å². The maximum atomic E-state index is 12.9. The second kappa shape index (κ2) is 9.62. The van der Waals surface area contributed by atoms with Gasteiger partial charge in [0.2, 0.25) is 15.9 Å². The van der Waals surface area contributed by atoms with Gasteiger partial charge in [0.15, 0.2) is 0 Å². The predicted octanol–water partition coefficient (Wildman–Crippen LogP) is 3.08. The van der Waals surface area contributed by atoms with Gasteiger partial charge in [-0.15, -0.1) is 0 Å². The van der Waals surface area contributed by atoms with Gasteiger partial charge in [-0.25, -0.2) is 8.42 Å². The molecule has 2 aromatic rings. The number of nitrogens with zero attached hydrogens (tertiary/aromatic N) is 2. The largest absolute Gasteiger partial charge is 0.348 e. The van der Waals surface area contributed by atoms with Crippen molar-refractivity contribution in [3.63, 3.8) is 0 Å². The van der Waals surface area contributed by atoms with Crippen molar-refractivity contribution in [3.05, 3.63) is 59.2 Å². The molecule has 1 aliphatic heterocycles. The van der Waals surface area contributed by atoms with Crippen LogP contribution >= 0.6 is 0 Å². The lowest BCUT2D eigenvalue weighted by Crippen LogP contribution is -2.31. The average Bonchev–Trinajstić information content (AvgIpc) is 3.19. The van der Waals surface area contributed by atoms with Crippen molar-refractivity contribution in [1.29, 1.82) is 0 Å². The molecule has 1 aliphatic rings. The molecular weight excluding hydrogens is 414 g/mol. The smallest absolute Gasteiger partial charge is 0.251 e. The van der Waals surface area contributed by atoms with Crippen LogP contribution in [0, 0.1) is 6.92 Å². The van der Waals surface area contributed by atoms with Gasteiger partial charge in [-0.1, -0.05) is 32.0 Å². The molecule has 3 rings (SSSR count). The number of hydrogen-bond donors (Lipinski definition) is 1. The van der Waals surface area contributed by atoms with Crippen molar-refractivity contribution in [3.8, 4) is 0 Å². The summed E-state index contributed by atoms with van der Waals surface area (Å²) in [6.07, 6.45) is 1.42. The van der Waals surface area contributed by atoms with Gasteiger partial charge in [0.25, 0.3) is 5.91 Å². The Hall–Kier alpha value is -2.71. The molecule has 31 heavy (non-hydrogen) atoms. The van der Waals surface area contributed by atoms with Gasteiger partial charge in [0, 0.05) is 43.9 Å². The van der Waals surface area contributed by atoms with E-state index < -0.39 is 10.0 Å². The summed E-state index contributed by atoms with van der Waals surface area (Å²) in [5.74, 6) is -0.235. The summed E-state index contributed by atoms with van der Waals surface area (Å²) in [6.45, 7) is 7.02. The van der Waals surface area contributed by atoms with Crippen LogP contribution < -0.4 is 10.2 Å². The minimum Gasteiger partial charge on any atom is -0.348 e. The lowest BCUT2D eigenvalue weighted by Gasteiger charge is -2.20. The Bertz CT molecular complexity index is 1080. The highest BCUT2D eigenvalue weighted by molar-refractivity contribution is 7.89. The SMILES string of the molecule is CCN(CC)S(=O)(=O)c1cc(C(=O)NCc2cccc(N3CCCC3=O)c2)ccc1C. The first kappa shape index (κ1) is 23.0. The van der Waals surface area contributed by atoms with Crippen LogP contribution in [0.25, 0.3) is 0 Å². The van der Waals surface area contributed by atoms with Crippen LogP contribution in [0.3, 0.4) is 0 Å². The van der Waals surface area contributed by atoms with E-state index in [4.69, 9.17) is 0 Å². The first-order chi connectivity index (χ1) is 14.8. The van der Waals surface area contributed by atoms with Gasteiger partial charge >= 0.3 is 0 Å². The van der Waals surface area contributed by atoms with Crippen LogP contribution in [0.4, 0.5) is 5.69 Å². The number of nitrogens with one attached hydrogen (secondary N) is 1. The van der Waals surface area contributed by atoms with E-state index in [0.717, 1.165) is 17.7 Å². The summed E-state index contributed by atoms with van der Waals surface area (Å²) in [6, 6.07) is 12.3. The first-order valence-corrected chi connectivity index (χ1v) is 12.0. The van der Waals surface area contributed by atoms with E-state index in [9.17, 15) is 18.0 Å². The van der Waals surface area contributed by atoms with Gasteiger partial charge < -0.3 is 10.2 Å². The first-order valence-electron chi connectivity index (χ1n) is 10.6. The number of anilines is 1. The maximum Gasteiger partial charge on any atom is 0.251 e.